The number of rotatable bonds is 8. The third kappa shape index (κ3) is 4.35. The number of ether oxygens (including phenoxy) is 1. The van der Waals surface area contributed by atoms with Crippen LogP contribution in [0, 0.1) is 0 Å². The van der Waals surface area contributed by atoms with Crippen LogP contribution in [0.25, 0.3) is 0 Å². The van der Waals surface area contributed by atoms with Crippen LogP contribution in [-0.2, 0) is 11.2 Å². The summed E-state index contributed by atoms with van der Waals surface area (Å²) in [5.74, 6) is -0.586. The van der Waals surface area contributed by atoms with Gasteiger partial charge >= 0.3 is 5.97 Å². The molecular formula is C23H27NO4. The molecule has 1 N–H and O–H groups in total. The van der Waals surface area contributed by atoms with Gasteiger partial charge in [0.2, 0.25) is 5.91 Å². The van der Waals surface area contributed by atoms with E-state index in [2.05, 4.69) is 19.1 Å². The van der Waals surface area contributed by atoms with Gasteiger partial charge in [-0.2, -0.15) is 0 Å². The van der Waals surface area contributed by atoms with Gasteiger partial charge in [-0.15, -0.1) is 0 Å². The van der Waals surface area contributed by atoms with E-state index < -0.39 is 5.97 Å². The van der Waals surface area contributed by atoms with Crippen LogP contribution in [0.15, 0.2) is 42.5 Å². The number of carboxylic acids is 1. The lowest BCUT2D eigenvalue weighted by molar-refractivity contribution is -0.117. The van der Waals surface area contributed by atoms with Gasteiger partial charge in [0.1, 0.15) is 11.3 Å². The summed E-state index contributed by atoms with van der Waals surface area (Å²) < 4.78 is 5.22. The Kier molecular flexibility index (Phi) is 6.34. The lowest BCUT2D eigenvalue weighted by Gasteiger charge is -2.18. The van der Waals surface area contributed by atoms with Crippen molar-refractivity contribution in [2.24, 2.45) is 0 Å². The van der Waals surface area contributed by atoms with Crippen molar-refractivity contribution < 1.29 is 19.4 Å². The molecule has 1 fully saturated rings. The Labute approximate surface area is 165 Å². The van der Waals surface area contributed by atoms with Crippen molar-refractivity contribution in [3.05, 3.63) is 59.2 Å². The molecule has 1 unspecified atom stereocenters. The second-order valence-corrected chi connectivity index (χ2v) is 7.29. The standard InChI is InChI=1S/C23H27NO4/c1-3-4-5-6-16-7-10-19(11-8-16)24-15-18(14-22(24)25)17-9-12-20(23(26)27)21(13-17)28-2/h7-13,18H,3-6,14-15H2,1-2H3,(H,26,27). The number of aryl methyl sites for hydroxylation is 1. The predicted molar refractivity (Wildman–Crippen MR) is 109 cm³/mol. The summed E-state index contributed by atoms with van der Waals surface area (Å²) in [4.78, 5) is 25.7. The number of benzene rings is 2. The zero-order chi connectivity index (χ0) is 20.1. The number of aromatic carboxylic acids is 1. The zero-order valence-electron chi connectivity index (χ0n) is 16.5. The van der Waals surface area contributed by atoms with E-state index >= 15 is 0 Å². The first-order valence-corrected chi connectivity index (χ1v) is 9.84. The summed E-state index contributed by atoms with van der Waals surface area (Å²) in [5, 5.41) is 9.23. The highest BCUT2D eigenvalue weighted by Crippen LogP contribution is 2.34. The molecule has 2 aromatic rings. The number of hydrogen-bond acceptors (Lipinski definition) is 3. The number of methoxy groups -OCH3 is 1. The van der Waals surface area contributed by atoms with Crippen LogP contribution in [0.3, 0.4) is 0 Å². The molecule has 0 aliphatic carbocycles. The third-order valence-electron chi connectivity index (χ3n) is 5.37. The van der Waals surface area contributed by atoms with E-state index in [1.165, 1.54) is 31.9 Å². The molecule has 3 rings (SSSR count). The molecule has 0 aromatic heterocycles. The van der Waals surface area contributed by atoms with E-state index in [4.69, 9.17) is 4.74 Å². The Balaban J connectivity index is 1.72. The van der Waals surface area contributed by atoms with Gasteiger partial charge in [0, 0.05) is 24.6 Å². The van der Waals surface area contributed by atoms with Gasteiger partial charge in [-0.05, 0) is 48.2 Å². The van der Waals surface area contributed by atoms with E-state index in [9.17, 15) is 14.7 Å². The minimum absolute atomic E-state index is 0.0217. The maximum atomic E-state index is 12.6. The minimum atomic E-state index is -1.02. The highest BCUT2D eigenvalue weighted by atomic mass is 16.5. The number of hydrogen-bond donors (Lipinski definition) is 1. The summed E-state index contributed by atoms with van der Waals surface area (Å²) in [6.45, 7) is 2.78. The molecule has 148 valence electrons. The second-order valence-electron chi connectivity index (χ2n) is 7.29. The molecule has 5 heteroatoms. The van der Waals surface area contributed by atoms with E-state index in [0.29, 0.717) is 18.7 Å². The van der Waals surface area contributed by atoms with E-state index in [-0.39, 0.29) is 17.4 Å². The molecule has 1 atom stereocenters. The van der Waals surface area contributed by atoms with Crippen molar-refractivity contribution in [2.75, 3.05) is 18.6 Å². The van der Waals surface area contributed by atoms with Crippen molar-refractivity contribution >= 4 is 17.6 Å². The Bertz CT molecular complexity index is 844. The van der Waals surface area contributed by atoms with Crippen LogP contribution in [-0.4, -0.2) is 30.6 Å². The van der Waals surface area contributed by atoms with Crippen LogP contribution in [0.1, 0.15) is 60.0 Å². The van der Waals surface area contributed by atoms with Crippen LogP contribution >= 0.6 is 0 Å². The van der Waals surface area contributed by atoms with Crippen molar-refractivity contribution in [1.82, 2.24) is 0 Å². The van der Waals surface area contributed by atoms with Gasteiger partial charge in [-0.3, -0.25) is 4.79 Å². The first kappa shape index (κ1) is 19.9. The summed E-state index contributed by atoms with van der Waals surface area (Å²) in [5.41, 5.74) is 3.27. The fourth-order valence-electron chi connectivity index (χ4n) is 3.74. The van der Waals surface area contributed by atoms with Crippen LogP contribution in [0.2, 0.25) is 0 Å². The van der Waals surface area contributed by atoms with Crippen molar-refractivity contribution in [3.8, 4) is 5.75 Å². The number of carbonyl (C=O) groups excluding carboxylic acids is 1. The normalized spacial score (nSPS) is 16.4. The van der Waals surface area contributed by atoms with Gasteiger partial charge in [0.15, 0.2) is 0 Å². The number of amides is 1. The number of carbonyl (C=O) groups is 2. The number of carboxylic acid groups (broad SMARTS) is 1. The average Bonchev–Trinajstić information content (AvgIpc) is 3.09. The third-order valence-corrected chi connectivity index (χ3v) is 5.37. The fraction of sp³-hybridized carbons (Fsp3) is 0.391. The quantitative estimate of drug-likeness (QED) is 0.676. The summed E-state index contributed by atoms with van der Waals surface area (Å²) in [7, 11) is 1.46. The molecule has 1 heterocycles. The average molecular weight is 381 g/mol. The van der Waals surface area contributed by atoms with Gasteiger partial charge in [-0.25, -0.2) is 4.79 Å². The van der Waals surface area contributed by atoms with Gasteiger partial charge in [-0.1, -0.05) is 38.0 Å². The first-order valence-electron chi connectivity index (χ1n) is 9.84. The minimum Gasteiger partial charge on any atom is -0.496 e. The van der Waals surface area contributed by atoms with Gasteiger partial charge in [0.25, 0.3) is 0 Å². The molecule has 0 spiro atoms. The smallest absolute Gasteiger partial charge is 0.339 e. The van der Waals surface area contributed by atoms with Crippen LogP contribution in [0.4, 0.5) is 5.69 Å². The maximum Gasteiger partial charge on any atom is 0.339 e. The van der Waals surface area contributed by atoms with E-state index in [0.717, 1.165) is 17.7 Å². The molecule has 1 saturated heterocycles. The molecule has 5 nitrogen and oxygen atoms in total. The Hall–Kier alpha value is -2.82. The molecule has 0 bridgehead atoms. The monoisotopic (exact) mass is 381 g/mol. The second kappa shape index (κ2) is 8.91. The summed E-state index contributed by atoms with van der Waals surface area (Å²) in [6, 6.07) is 13.3. The largest absolute Gasteiger partial charge is 0.496 e. The topological polar surface area (TPSA) is 66.8 Å². The molecule has 1 amide bonds. The Morgan fingerprint density at radius 3 is 2.57 bits per heavy atom. The maximum absolute atomic E-state index is 12.6. The molecule has 0 saturated carbocycles. The van der Waals surface area contributed by atoms with Gasteiger partial charge in [0.05, 0.1) is 7.11 Å². The molecule has 0 radical (unpaired) electrons. The van der Waals surface area contributed by atoms with Crippen LogP contribution < -0.4 is 9.64 Å². The SMILES string of the molecule is CCCCCc1ccc(N2CC(c3ccc(C(=O)O)c(OC)c3)CC2=O)cc1. The highest BCUT2D eigenvalue weighted by molar-refractivity contribution is 5.96. The lowest BCUT2D eigenvalue weighted by Crippen LogP contribution is -2.24. The first-order chi connectivity index (χ1) is 13.5. The zero-order valence-corrected chi connectivity index (χ0v) is 16.5. The van der Waals surface area contributed by atoms with Crippen LogP contribution in [0.5, 0.6) is 5.75 Å². The summed E-state index contributed by atoms with van der Waals surface area (Å²) >= 11 is 0. The number of nitrogens with zero attached hydrogens (tertiary/aromatic N) is 1. The number of unbranched alkanes of at least 4 members (excludes halogenated alkanes) is 2. The molecule has 1 aliphatic heterocycles. The molecule has 28 heavy (non-hydrogen) atoms. The van der Waals surface area contributed by atoms with Gasteiger partial charge < -0.3 is 14.7 Å². The molecule has 1 aliphatic rings. The highest BCUT2D eigenvalue weighted by Gasteiger charge is 2.32. The predicted octanol–water partition coefficient (Wildman–Crippen LogP) is 4.65. The Morgan fingerprint density at radius 1 is 1.18 bits per heavy atom. The Morgan fingerprint density at radius 2 is 1.93 bits per heavy atom. The lowest BCUT2D eigenvalue weighted by atomic mass is 9.96. The van der Waals surface area contributed by atoms with E-state index in [1.807, 2.05) is 17.0 Å². The van der Waals surface area contributed by atoms with Crippen molar-refractivity contribution in [2.45, 2.75) is 44.9 Å². The fourth-order valence-corrected chi connectivity index (χ4v) is 3.74. The van der Waals surface area contributed by atoms with Crippen molar-refractivity contribution in [1.29, 1.82) is 0 Å². The summed E-state index contributed by atoms with van der Waals surface area (Å²) in [6.07, 6.45) is 5.11. The number of anilines is 1. The van der Waals surface area contributed by atoms with Crippen molar-refractivity contribution in [3.63, 3.8) is 0 Å². The molecule has 2 aromatic carbocycles. The van der Waals surface area contributed by atoms with E-state index in [1.54, 1.807) is 18.2 Å². The molecular weight excluding hydrogens is 354 g/mol.